The highest BCUT2D eigenvalue weighted by Gasteiger charge is 2.47. The van der Waals surface area contributed by atoms with Crippen LogP contribution in [0.25, 0.3) is 16.7 Å². The second-order valence-electron chi connectivity index (χ2n) is 9.37. The first-order valence-corrected chi connectivity index (χ1v) is 14.4. The molecule has 0 aromatic heterocycles. The smallest absolute Gasteiger partial charge is 0.0723 e. The van der Waals surface area contributed by atoms with Gasteiger partial charge in [-0.25, -0.2) is 0 Å². The third-order valence-corrected chi connectivity index (χ3v) is 11.4. The molecule has 0 nitrogen and oxygen atoms in total. The number of fused-ring (bicyclic) bond motifs is 4. The molecule has 1 atom stereocenters. The Morgan fingerprint density at radius 3 is 1.90 bits per heavy atom. The van der Waals surface area contributed by atoms with Gasteiger partial charge in [0.05, 0.1) is 8.07 Å². The highest BCUT2D eigenvalue weighted by Crippen LogP contribution is 2.54. The van der Waals surface area contributed by atoms with Crippen molar-refractivity contribution in [3.8, 4) is 11.1 Å². The van der Waals surface area contributed by atoms with Crippen molar-refractivity contribution in [2.24, 2.45) is 0 Å². The summed E-state index contributed by atoms with van der Waals surface area (Å²) in [5.74, 6) is 0. The standard InChI is InChI=1S/C29H30Si/c1-4-5-6-13-21-20-28(25-17-10-7-14-22(21)25)30(2,3)29-26-18-11-8-15-23(26)24-16-9-12-19-27(24)29/h4,7-12,14-20,28-29H,1,5-6,13H2,2-3H3. The summed E-state index contributed by atoms with van der Waals surface area (Å²) in [7, 11) is -1.78. The van der Waals surface area contributed by atoms with Crippen molar-refractivity contribution < 1.29 is 0 Å². The summed E-state index contributed by atoms with van der Waals surface area (Å²) >= 11 is 0. The number of unbranched alkanes of at least 4 members (excludes halogenated alkanes) is 1. The van der Waals surface area contributed by atoms with Crippen LogP contribution in [0.3, 0.4) is 0 Å². The minimum atomic E-state index is -1.78. The van der Waals surface area contributed by atoms with Crippen LogP contribution in [0.2, 0.25) is 13.1 Å². The number of rotatable bonds is 6. The summed E-state index contributed by atoms with van der Waals surface area (Å²) < 4.78 is 0. The molecule has 0 spiro atoms. The summed E-state index contributed by atoms with van der Waals surface area (Å²) in [6.45, 7) is 9.13. The van der Waals surface area contributed by atoms with E-state index in [1.807, 2.05) is 6.08 Å². The molecule has 0 saturated carbocycles. The van der Waals surface area contributed by atoms with Crippen LogP contribution in [0.1, 0.15) is 52.6 Å². The van der Waals surface area contributed by atoms with E-state index < -0.39 is 8.07 Å². The molecule has 1 unspecified atom stereocenters. The predicted molar refractivity (Wildman–Crippen MR) is 132 cm³/mol. The summed E-state index contributed by atoms with van der Waals surface area (Å²) in [5, 5.41) is 0. The Labute approximate surface area is 182 Å². The molecule has 0 N–H and O–H groups in total. The zero-order chi connectivity index (χ0) is 20.7. The van der Waals surface area contributed by atoms with Crippen molar-refractivity contribution in [1.82, 2.24) is 0 Å². The Hall–Kier alpha value is -2.64. The van der Waals surface area contributed by atoms with Crippen molar-refractivity contribution >= 4 is 13.6 Å². The lowest BCUT2D eigenvalue weighted by Gasteiger charge is -2.36. The lowest BCUT2D eigenvalue weighted by atomic mass is 10.0. The van der Waals surface area contributed by atoms with Crippen LogP contribution < -0.4 is 0 Å². The van der Waals surface area contributed by atoms with E-state index in [2.05, 4.69) is 98.5 Å². The van der Waals surface area contributed by atoms with Gasteiger partial charge in [-0.1, -0.05) is 98.0 Å². The molecule has 5 rings (SSSR count). The molecule has 1 heteroatoms. The van der Waals surface area contributed by atoms with Gasteiger partial charge in [-0.2, -0.15) is 0 Å². The maximum Gasteiger partial charge on any atom is 0.0723 e. The quantitative estimate of drug-likeness (QED) is 0.220. The molecule has 0 amide bonds. The Kier molecular flexibility index (Phi) is 4.87. The van der Waals surface area contributed by atoms with Gasteiger partial charge in [-0.3, -0.25) is 0 Å². The third kappa shape index (κ3) is 2.95. The van der Waals surface area contributed by atoms with E-state index in [0.717, 1.165) is 12.8 Å². The van der Waals surface area contributed by atoms with Gasteiger partial charge in [0.15, 0.2) is 0 Å². The average Bonchev–Trinajstić information content (AvgIpc) is 3.31. The molecule has 0 aliphatic heterocycles. The average molecular weight is 407 g/mol. The molecule has 3 aromatic rings. The van der Waals surface area contributed by atoms with Crippen LogP contribution in [-0.4, -0.2) is 8.07 Å². The molecule has 0 fully saturated rings. The van der Waals surface area contributed by atoms with Crippen molar-refractivity contribution in [3.05, 3.63) is 114 Å². The first kappa shape index (κ1) is 19.3. The van der Waals surface area contributed by atoms with Crippen LogP contribution in [-0.2, 0) is 0 Å². The molecule has 150 valence electrons. The molecule has 30 heavy (non-hydrogen) atoms. The van der Waals surface area contributed by atoms with Gasteiger partial charge in [-0.05, 0) is 63.8 Å². The fourth-order valence-electron chi connectivity index (χ4n) is 5.85. The van der Waals surface area contributed by atoms with Gasteiger partial charge in [0.25, 0.3) is 0 Å². The zero-order valence-corrected chi connectivity index (χ0v) is 19.1. The van der Waals surface area contributed by atoms with Gasteiger partial charge < -0.3 is 0 Å². The second kappa shape index (κ2) is 7.56. The second-order valence-corrected chi connectivity index (χ2v) is 14.2. The fourth-order valence-corrected chi connectivity index (χ4v) is 10.00. The van der Waals surface area contributed by atoms with E-state index in [1.165, 1.54) is 23.1 Å². The number of hydrogen-bond donors (Lipinski definition) is 0. The van der Waals surface area contributed by atoms with Crippen LogP contribution in [0.5, 0.6) is 0 Å². The van der Waals surface area contributed by atoms with Gasteiger partial charge >= 0.3 is 0 Å². The predicted octanol–water partition coefficient (Wildman–Crippen LogP) is 8.12. The Balaban J connectivity index is 1.61. The minimum Gasteiger partial charge on any atom is -0.103 e. The molecule has 0 saturated heterocycles. The Morgan fingerprint density at radius 1 is 0.767 bits per heavy atom. The van der Waals surface area contributed by atoms with Gasteiger partial charge in [0.1, 0.15) is 0 Å². The number of allylic oxidation sites excluding steroid dienone is 3. The zero-order valence-electron chi connectivity index (χ0n) is 18.1. The van der Waals surface area contributed by atoms with Crippen molar-refractivity contribution in [2.75, 3.05) is 0 Å². The van der Waals surface area contributed by atoms with Crippen LogP contribution >= 0.6 is 0 Å². The molecule has 3 aromatic carbocycles. The molecule has 0 heterocycles. The molecular weight excluding hydrogens is 376 g/mol. The van der Waals surface area contributed by atoms with Crippen LogP contribution in [0, 0.1) is 0 Å². The first-order valence-electron chi connectivity index (χ1n) is 11.2. The molecular formula is C29H30Si. The molecule has 0 radical (unpaired) electrons. The Morgan fingerprint density at radius 2 is 1.30 bits per heavy atom. The van der Waals surface area contributed by atoms with Gasteiger partial charge in [-0.15, -0.1) is 6.58 Å². The van der Waals surface area contributed by atoms with Gasteiger partial charge in [0.2, 0.25) is 0 Å². The van der Waals surface area contributed by atoms with E-state index in [1.54, 1.807) is 22.3 Å². The lowest BCUT2D eigenvalue weighted by Crippen LogP contribution is -2.41. The summed E-state index contributed by atoms with van der Waals surface area (Å²) in [5.41, 5.74) is 11.7. The van der Waals surface area contributed by atoms with E-state index in [9.17, 15) is 0 Å². The molecule has 2 aliphatic carbocycles. The van der Waals surface area contributed by atoms with E-state index in [4.69, 9.17) is 0 Å². The highest BCUT2D eigenvalue weighted by molar-refractivity contribution is 6.81. The summed E-state index contributed by atoms with van der Waals surface area (Å²) in [6.07, 6.45) is 8.12. The van der Waals surface area contributed by atoms with Crippen molar-refractivity contribution in [1.29, 1.82) is 0 Å². The maximum atomic E-state index is 3.91. The molecule has 0 bridgehead atoms. The molecule has 2 aliphatic rings. The number of hydrogen-bond acceptors (Lipinski definition) is 0. The van der Waals surface area contributed by atoms with Crippen LogP contribution in [0.15, 0.2) is 91.5 Å². The normalized spacial score (nSPS) is 17.3. The summed E-state index contributed by atoms with van der Waals surface area (Å²) in [4.78, 5) is 0. The SMILES string of the molecule is C=CCCCC1=CC([Si](C)(C)C2c3ccccc3-c3ccccc32)c2ccccc21. The first-order chi connectivity index (χ1) is 14.6. The van der Waals surface area contributed by atoms with Gasteiger partial charge in [0, 0.05) is 5.54 Å². The van der Waals surface area contributed by atoms with Crippen molar-refractivity contribution in [3.63, 3.8) is 0 Å². The van der Waals surface area contributed by atoms with Crippen molar-refractivity contribution in [2.45, 2.75) is 43.4 Å². The fraction of sp³-hybridized carbons (Fsp3) is 0.241. The lowest BCUT2D eigenvalue weighted by molar-refractivity contribution is 0.882. The Bertz CT molecular complexity index is 1090. The van der Waals surface area contributed by atoms with E-state index >= 15 is 0 Å². The summed E-state index contributed by atoms with van der Waals surface area (Å²) in [6, 6.07) is 27.4. The minimum absolute atomic E-state index is 0.534. The monoisotopic (exact) mass is 406 g/mol. The van der Waals surface area contributed by atoms with Crippen LogP contribution in [0.4, 0.5) is 0 Å². The topological polar surface area (TPSA) is 0 Å². The third-order valence-electron chi connectivity index (χ3n) is 7.24. The van der Waals surface area contributed by atoms with E-state index in [0.29, 0.717) is 11.1 Å². The largest absolute Gasteiger partial charge is 0.103 e. The maximum absolute atomic E-state index is 3.91. The number of benzene rings is 3. The highest BCUT2D eigenvalue weighted by atomic mass is 28.3. The van der Waals surface area contributed by atoms with E-state index in [-0.39, 0.29) is 0 Å².